The van der Waals surface area contributed by atoms with Gasteiger partial charge in [0, 0.05) is 17.4 Å². The average Bonchev–Trinajstić information content (AvgIpc) is 3.42. The molecule has 7 heteroatoms. The predicted molar refractivity (Wildman–Crippen MR) is 194 cm³/mol. The van der Waals surface area contributed by atoms with Crippen LogP contribution in [0.5, 0.6) is 11.5 Å². The van der Waals surface area contributed by atoms with Gasteiger partial charge in [0.05, 0.1) is 29.5 Å². The predicted octanol–water partition coefficient (Wildman–Crippen LogP) is 7.38. The Morgan fingerprint density at radius 1 is 0.824 bits per heavy atom. The van der Waals surface area contributed by atoms with Gasteiger partial charge in [-0.15, -0.1) is 0 Å². The van der Waals surface area contributed by atoms with E-state index in [9.17, 15) is 14.7 Å². The number of hydrogen-bond acceptors (Lipinski definition) is 6. The van der Waals surface area contributed by atoms with Gasteiger partial charge in [-0.2, -0.15) is 0 Å². The molecule has 8 rings (SSSR count). The first-order valence-electron chi connectivity index (χ1n) is 17.8. The van der Waals surface area contributed by atoms with Crippen molar-refractivity contribution in [3.05, 3.63) is 143 Å². The van der Waals surface area contributed by atoms with Crippen LogP contribution >= 0.6 is 0 Å². The summed E-state index contributed by atoms with van der Waals surface area (Å²) in [5.41, 5.74) is 3.58. The third-order valence-electron chi connectivity index (χ3n) is 11.6. The summed E-state index contributed by atoms with van der Waals surface area (Å²) in [5, 5.41) is 10.8. The van der Waals surface area contributed by atoms with E-state index in [1.54, 1.807) is 18.2 Å². The first kappa shape index (κ1) is 32.6. The second-order valence-electron chi connectivity index (χ2n) is 14.0. The smallest absolute Gasteiger partial charge is 0.238 e. The normalized spacial score (nSPS) is 26.9. The minimum absolute atomic E-state index is 0.0328. The zero-order chi connectivity index (χ0) is 35.4. The molecule has 0 unspecified atom stereocenters. The van der Waals surface area contributed by atoms with Gasteiger partial charge in [0.1, 0.15) is 0 Å². The second kappa shape index (κ2) is 12.6. The van der Waals surface area contributed by atoms with Crippen LogP contribution in [0.1, 0.15) is 54.9 Å². The quantitative estimate of drug-likeness (QED) is 0.162. The number of aryl methyl sites for hydroxylation is 1. The fourth-order valence-corrected chi connectivity index (χ4v) is 9.37. The van der Waals surface area contributed by atoms with Crippen molar-refractivity contribution in [2.45, 2.75) is 44.4 Å². The number of allylic oxidation sites excluding steroid dienone is 4. The van der Waals surface area contributed by atoms with Gasteiger partial charge in [-0.25, -0.2) is 0 Å². The number of ketones is 2. The molecular formula is C44H39NO6. The molecule has 0 radical (unpaired) electrons. The molecule has 2 fully saturated rings. The van der Waals surface area contributed by atoms with Gasteiger partial charge >= 0.3 is 0 Å². The van der Waals surface area contributed by atoms with Crippen molar-refractivity contribution in [2.24, 2.45) is 23.7 Å². The number of fused-ring (bicyclic) bond motifs is 4. The number of Topliss-reactive ketones (excluding diaryl/α,β-unsaturated/α-hetero) is 1. The topological polar surface area (TPSA) is 101 Å². The van der Waals surface area contributed by atoms with E-state index in [-0.39, 0.29) is 41.3 Å². The van der Waals surface area contributed by atoms with Crippen LogP contribution in [0.25, 0.3) is 5.57 Å². The van der Waals surface area contributed by atoms with Crippen LogP contribution in [0.4, 0.5) is 5.69 Å². The number of phenols is 1. The van der Waals surface area contributed by atoms with E-state index in [0.29, 0.717) is 41.0 Å². The van der Waals surface area contributed by atoms with Crippen molar-refractivity contribution < 1.29 is 29.0 Å². The number of imide groups is 1. The number of phenolic OH excluding ortho intramolecular Hbond substituents is 1. The third kappa shape index (κ3) is 4.93. The molecule has 4 aromatic rings. The number of carbonyl (C=O) groups is 4. The van der Waals surface area contributed by atoms with Gasteiger partial charge in [-0.05, 0) is 84.7 Å². The molecule has 51 heavy (non-hydrogen) atoms. The molecule has 1 heterocycles. The molecular weight excluding hydrogens is 638 g/mol. The van der Waals surface area contributed by atoms with Crippen LogP contribution in [0.15, 0.2) is 121 Å². The number of ether oxygens (including phenoxy) is 1. The van der Waals surface area contributed by atoms with Crippen molar-refractivity contribution in [1.29, 1.82) is 0 Å². The molecule has 1 aliphatic heterocycles. The highest BCUT2D eigenvalue weighted by Gasteiger charge is 2.66. The second-order valence-corrected chi connectivity index (χ2v) is 14.0. The molecule has 256 valence electrons. The Morgan fingerprint density at radius 2 is 1.53 bits per heavy atom. The largest absolute Gasteiger partial charge is 0.504 e. The zero-order valence-electron chi connectivity index (χ0n) is 28.6. The molecule has 1 saturated heterocycles. The molecule has 4 aliphatic rings. The molecule has 0 bridgehead atoms. The van der Waals surface area contributed by atoms with Gasteiger partial charge in [0.2, 0.25) is 11.8 Å². The lowest BCUT2D eigenvalue weighted by Gasteiger charge is -2.55. The molecule has 0 spiro atoms. The van der Waals surface area contributed by atoms with E-state index in [1.807, 2.05) is 97.9 Å². The summed E-state index contributed by atoms with van der Waals surface area (Å²) in [6, 6.07) is 31.4. The Hall–Kier alpha value is -5.56. The van der Waals surface area contributed by atoms with Gasteiger partial charge in [-0.3, -0.25) is 24.1 Å². The summed E-state index contributed by atoms with van der Waals surface area (Å²) < 4.78 is 5.84. The highest BCUT2D eigenvalue weighted by molar-refractivity contribution is 6.32. The Morgan fingerprint density at radius 3 is 2.22 bits per heavy atom. The maximum atomic E-state index is 15.2. The first-order valence-corrected chi connectivity index (χ1v) is 17.8. The van der Waals surface area contributed by atoms with E-state index in [0.717, 1.165) is 17.6 Å². The summed E-state index contributed by atoms with van der Waals surface area (Å²) in [5.74, 6) is -3.92. The summed E-state index contributed by atoms with van der Waals surface area (Å²) in [7, 11) is 0. The molecule has 1 saturated carbocycles. The summed E-state index contributed by atoms with van der Waals surface area (Å²) in [6.45, 7) is 4.20. The van der Waals surface area contributed by atoms with Crippen molar-refractivity contribution in [3.8, 4) is 11.5 Å². The van der Waals surface area contributed by atoms with Crippen LogP contribution in [0.2, 0.25) is 0 Å². The van der Waals surface area contributed by atoms with Crippen LogP contribution in [0.3, 0.4) is 0 Å². The van der Waals surface area contributed by atoms with Crippen molar-refractivity contribution in [1.82, 2.24) is 0 Å². The van der Waals surface area contributed by atoms with Gasteiger partial charge in [0.15, 0.2) is 23.1 Å². The number of carbonyl (C=O) groups excluding carboxylic acids is 4. The molecule has 4 aromatic carbocycles. The summed E-state index contributed by atoms with van der Waals surface area (Å²) in [4.78, 5) is 60.3. The molecule has 2 amide bonds. The standard InChI is InChI=1S/C44H39NO6/c1-3-26-15-18-30(19-16-26)45-42(49)32-21-20-31-34(39(32)43(45)50)24-35-41(48)33(27-11-7-5-8-12-27)25-38(47)44(35,29-13-9-6-10-14-29)40(31)28-17-22-36(46)37(23-28)51-4-2/h5-20,22-23,25,32,34-35,39-40,46H,3-4,21,24H2,1-2H3/t32-,34+,35-,39-,40-,44-/m0/s1. The first-order chi connectivity index (χ1) is 24.8. The SMILES string of the molecule is CCOc1cc([C@H]2C3=CC[C@@H]4C(=O)N(c5ccc(CC)cc5)C(=O)[C@@H]4[C@@H]3C[C@H]3C(=O)C(c4ccccc4)=CC(=O)[C@@]23c2ccccc2)ccc1O. The lowest BCUT2D eigenvalue weighted by molar-refractivity contribution is -0.135. The number of rotatable bonds is 7. The lowest BCUT2D eigenvalue weighted by atomic mass is 9.44. The van der Waals surface area contributed by atoms with E-state index in [2.05, 4.69) is 6.92 Å². The maximum Gasteiger partial charge on any atom is 0.238 e. The monoisotopic (exact) mass is 677 g/mol. The van der Waals surface area contributed by atoms with E-state index >= 15 is 9.59 Å². The Balaban J connectivity index is 1.35. The Bertz CT molecular complexity index is 2120. The number of benzene rings is 4. The highest BCUT2D eigenvalue weighted by Crippen LogP contribution is 2.64. The number of hydrogen-bond donors (Lipinski definition) is 1. The summed E-state index contributed by atoms with van der Waals surface area (Å²) in [6.07, 6.45) is 4.96. The minimum atomic E-state index is -1.35. The minimum Gasteiger partial charge on any atom is -0.504 e. The van der Waals surface area contributed by atoms with Crippen LogP contribution in [-0.2, 0) is 31.0 Å². The van der Waals surface area contributed by atoms with Gasteiger partial charge in [-0.1, -0.05) is 97.4 Å². The molecule has 0 aromatic heterocycles. The number of anilines is 1. The lowest BCUT2D eigenvalue weighted by Crippen LogP contribution is -2.58. The van der Waals surface area contributed by atoms with Crippen LogP contribution in [-0.4, -0.2) is 35.1 Å². The molecule has 1 N–H and O–H groups in total. The highest BCUT2D eigenvalue weighted by atomic mass is 16.5. The molecule has 3 aliphatic carbocycles. The Labute approximate surface area is 297 Å². The number of nitrogens with zero attached hydrogens (tertiary/aromatic N) is 1. The van der Waals surface area contributed by atoms with Crippen LogP contribution in [0, 0.1) is 23.7 Å². The van der Waals surface area contributed by atoms with Crippen LogP contribution < -0.4 is 9.64 Å². The zero-order valence-corrected chi connectivity index (χ0v) is 28.6. The van der Waals surface area contributed by atoms with E-state index in [1.165, 1.54) is 11.0 Å². The van der Waals surface area contributed by atoms with Gasteiger partial charge in [0.25, 0.3) is 0 Å². The van der Waals surface area contributed by atoms with E-state index in [4.69, 9.17) is 4.74 Å². The maximum absolute atomic E-state index is 15.2. The van der Waals surface area contributed by atoms with Crippen molar-refractivity contribution >= 4 is 34.6 Å². The van der Waals surface area contributed by atoms with Crippen molar-refractivity contribution in [2.75, 3.05) is 11.5 Å². The number of aromatic hydroxyl groups is 1. The van der Waals surface area contributed by atoms with Crippen molar-refractivity contribution in [3.63, 3.8) is 0 Å². The fourth-order valence-electron chi connectivity index (χ4n) is 9.37. The number of amides is 2. The third-order valence-corrected chi connectivity index (χ3v) is 11.6. The average molecular weight is 678 g/mol. The molecule has 6 atom stereocenters. The molecule has 7 nitrogen and oxygen atoms in total. The fraction of sp³-hybridized carbons (Fsp3) is 0.273. The van der Waals surface area contributed by atoms with E-state index < -0.39 is 35.0 Å². The summed E-state index contributed by atoms with van der Waals surface area (Å²) >= 11 is 0. The van der Waals surface area contributed by atoms with Gasteiger partial charge < -0.3 is 9.84 Å². The Kier molecular flexibility index (Phi) is 8.09.